The lowest BCUT2D eigenvalue weighted by Crippen LogP contribution is -2.42. The van der Waals surface area contributed by atoms with E-state index in [4.69, 9.17) is 9.47 Å². The highest BCUT2D eigenvalue weighted by Crippen LogP contribution is 2.42. The van der Waals surface area contributed by atoms with Crippen LogP contribution in [0.3, 0.4) is 0 Å². The van der Waals surface area contributed by atoms with Crippen molar-refractivity contribution in [3.05, 3.63) is 53.1 Å². The molecule has 1 fully saturated rings. The van der Waals surface area contributed by atoms with Gasteiger partial charge in [0.2, 0.25) is 0 Å². The second-order valence-electron chi connectivity index (χ2n) is 8.70. The van der Waals surface area contributed by atoms with Gasteiger partial charge in [-0.1, -0.05) is 18.2 Å². The lowest BCUT2D eigenvalue weighted by molar-refractivity contribution is -0.0670. The Morgan fingerprint density at radius 3 is 2.52 bits per heavy atom. The van der Waals surface area contributed by atoms with E-state index in [0.29, 0.717) is 18.9 Å². The Morgan fingerprint density at radius 2 is 1.84 bits per heavy atom. The van der Waals surface area contributed by atoms with Crippen molar-refractivity contribution in [2.75, 3.05) is 40.3 Å². The van der Waals surface area contributed by atoms with Gasteiger partial charge in [0.25, 0.3) is 0 Å². The van der Waals surface area contributed by atoms with Crippen molar-refractivity contribution in [2.24, 2.45) is 5.92 Å². The molecule has 31 heavy (non-hydrogen) atoms. The monoisotopic (exact) mass is 426 g/mol. The molecule has 0 radical (unpaired) electrons. The molecule has 2 aromatic carbocycles. The van der Waals surface area contributed by atoms with Crippen molar-refractivity contribution < 1.29 is 19.7 Å². The molecule has 0 amide bonds. The van der Waals surface area contributed by atoms with Crippen LogP contribution in [0.5, 0.6) is 17.2 Å². The molecule has 0 bridgehead atoms. The van der Waals surface area contributed by atoms with Crippen LogP contribution in [0.4, 0.5) is 0 Å². The lowest BCUT2D eigenvalue weighted by Gasteiger charge is -2.40. The zero-order chi connectivity index (χ0) is 21.8. The second-order valence-corrected chi connectivity index (χ2v) is 8.70. The zero-order valence-corrected chi connectivity index (χ0v) is 18.5. The molecule has 6 nitrogen and oxygen atoms in total. The Morgan fingerprint density at radius 1 is 1.10 bits per heavy atom. The molecular formula is C25H34N2O4. The first-order chi connectivity index (χ1) is 15.1. The van der Waals surface area contributed by atoms with E-state index in [1.807, 2.05) is 25.2 Å². The van der Waals surface area contributed by atoms with E-state index in [9.17, 15) is 10.2 Å². The Balaban J connectivity index is 1.34. The van der Waals surface area contributed by atoms with Gasteiger partial charge in [-0.15, -0.1) is 0 Å². The van der Waals surface area contributed by atoms with Gasteiger partial charge in [-0.25, -0.2) is 0 Å². The fraction of sp³-hybridized carbons (Fsp3) is 0.520. The average molecular weight is 427 g/mol. The van der Waals surface area contributed by atoms with Crippen LogP contribution in [0.15, 0.2) is 36.4 Å². The topological polar surface area (TPSA) is 74.2 Å². The summed E-state index contributed by atoms with van der Waals surface area (Å²) in [7, 11) is 3.60. The second kappa shape index (κ2) is 9.90. The number of fused-ring (bicyclic) bond motifs is 1. The van der Waals surface area contributed by atoms with Crippen molar-refractivity contribution in [1.29, 1.82) is 0 Å². The molecular weight excluding hydrogens is 392 g/mol. The predicted octanol–water partition coefficient (Wildman–Crippen LogP) is 3.26. The maximum atomic E-state index is 10.5. The number of hydrogen-bond donors (Lipinski definition) is 3. The molecule has 6 heteroatoms. The molecule has 0 unspecified atom stereocenters. The Labute approximate surface area is 184 Å². The molecule has 0 spiro atoms. The fourth-order valence-electron chi connectivity index (χ4n) is 4.94. The van der Waals surface area contributed by atoms with Crippen LogP contribution in [-0.2, 0) is 17.6 Å². The first-order valence-electron chi connectivity index (χ1n) is 11.3. The van der Waals surface area contributed by atoms with Crippen LogP contribution >= 0.6 is 0 Å². The number of ether oxygens (including phenoxy) is 2. The van der Waals surface area contributed by atoms with Crippen molar-refractivity contribution in [1.82, 2.24) is 10.2 Å². The molecule has 2 aliphatic rings. The lowest BCUT2D eigenvalue weighted by atomic mass is 9.83. The standard InChI is InChI=1S/C25H34N2O4/c1-26-16-24-20-7-8-22(28)25(29)21(20)15-23(31-24)18-10-13-27(14-11-18)12-9-17-3-5-19(30-2)6-4-17/h3-8,18,23-24,26,28-29H,9-16H2,1-2H3/t23-,24-/m0/s1. The van der Waals surface area contributed by atoms with Crippen LogP contribution in [0.2, 0.25) is 0 Å². The summed E-state index contributed by atoms with van der Waals surface area (Å²) in [5.41, 5.74) is 3.16. The van der Waals surface area contributed by atoms with Gasteiger partial charge >= 0.3 is 0 Å². The maximum absolute atomic E-state index is 10.5. The number of likely N-dealkylation sites (tertiary alicyclic amines) is 1. The number of piperidine rings is 1. The fourth-order valence-corrected chi connectivity index (χ4v) is 4.94. The Kier molecular flexibility index (Phi) is 7.00. The van der Waals surface area contributed by atoms with Crippen LogP contribution < -0.4 is 10.1 Å². The summed E-state index contributed by atoms with van der Waals surface area (Å²) in [6.07, 6.45) is 3.86. The molecule has 0 aromatic heterocycles. The van der Waals surface area contributed by atoms with Gasteiger partial charge < -0.3 is 29.9 Å². The molecule has 2 atom stereocenters. The average Bonchev–Trinajstić information content (AvgIpc) is 2.81. The maximum Gasteiger partial charge on any atom is 0.161 e. The van der Waals surface area contributed by atoms with Gasteiger partial charge in [0.15, 0.2) is 11.5 Å². The van der Waals surface area contributed by atoms with Gasteiger partial charge in [-0.3, -0.25) is 0 Å². The number of phenols is 2. The van der Waals surface area contributed by atoms with Crippen LogP contribution in [0.25, 0.3) is 0 Å². The number of methoxy groups -OCH3 is 1. The third kappa shape index (κ3) is 4.97. The van der Waals surface area contributed by atoms with E-state index < -0.39 is 0 Å². The third-order valence-electron chi connectivity index (χ3n) is 6.81. The van der Waals surface area contributed by atoms with Crippen molar-refractivity contribution in [2.45, 2.75) is 37.9 Å². The van der Waals surface area contributed by atoms with Crippen molar-refractivity contribution >= 4 is 0 Å². The molecule has 1 saturated heterocycles. The number of rotatable bonds is 7. The predicted molar refractivity (Wildman–Crippen MR) is 121 cm³/mol. The largest absolute Gasteiger partial charge is 0.504 e. The summed E-state index contributed by atoms with van der Waals surface area (Å²) in [5, 5.41) is 23.6. The van der Waals surface area contributed by atoms with Gasteiger partial charge in [-0.05, 0) is 74.6 Å². The normalized spacial score (nSPS) is 22.3. The Hall–Kier alpha value is -2.28. The minimum absolute atomic E-state index is 0.0174. The number of hydrogen-bond acceptors (Lipinski definition) is 6. The first kappa shape index (κ1) is 21.9. The molecule has 2 heterocycles. The molecule has 0 aliphatic carbocycles. The zero-order valence-electron chi connectivity index (χ0n) is 18.5. The Bertz CT molecular complexity index is 863. The summed E-state index contributed by atoms with van der Waals surface area (Å²) in [6, 6.07) is 11.8. The minimum atomic E-state index is -0.0987. The number of nitrogens with zero attached hydrogens (tertiary/aromatic N) is 1. The van der Waals surface area contributed by atoms with Gasteiger partial charge in [0.1, 0.15) is 5.75 Å². The van der Waals surface area contributed by atoms with E-state index in [0.717, 1.165) is 55.8 Å². The van der Waals surface area contributed by atoms with Crippen molar-refractivity contribution in [3.8, 4) is 17.2 Å². The summed E-state index contributed by atoms with van der Waals surface area (Å²) in [4.78, 5) is 2.53. The summed E-state index contributed by atoms with van der Waals surface area (Å²) >= 11 is 0. The van der Waals surface area contributed by atoms with E-state index in [-0.39, 0.29) is 23.7 Å². The van der Waals surface area contributed by atoms with E-state index >= 15 is 0 Å². The van der Waals surface area contributed by atoms with E-state index in [1.54, 1.807) is 13.2 Å². The molecule has 0 saturated carbocycles. The van der Waals surface area contributed by atoms with E-state index in [1.165, 1.54) is 5.56 Å². The minimum Gasteiger partial charge on any atom is -0.504 e. The third-order valence-corrected chi connectivity index (χ3v) is 6.81. The quantitative estimate of drug-likeness (QED) is 0.590. The highest BCUT2D eigenvalue weighted by atomic mass is 16.5. The van der Waals surface area contributed by atoms with Gasteiger partial charge in [0.05, 0.1) is 19.3 Å². The highest BCUT2D eigenvalue weighted by Gasteiger charge is 2.35. The molecule has 168 valence electrons. The molecule has 3 N–H and O–H groups in total. The van der Waals surface area contributed by atoms with Crippen LogP contribution in [0.1, 0.15) is 35.6 Å². The number of benzene rings is 2. The SMILES string of the molecule is CNC[C@@H]1O[C@H](C2CCN(CCc3ccc(OC)cc3)CC2)Cc2c1ccc(O)c2O. The number of nitrogens with one attached hydrogen (secondary N) is 1. The van der Waals surface area contributed by atoms with Gasteiger partial charge in [0, 0.05) is 25.1 Å². The van der Waals surface area contributed by atoms with Crippen LogP contribution in [0, 0.1) is 5.92 Å². The van der Waals surface area contributed by atoms with E-state index in [2.05, 4.69) is 22.3 Å². The summed E-state index contributed by atoms with van der Waals surface area (Å²) in [6.45, 7) is 3.88. The number of aromatic hydroxyl groups is 2. The van der Waals surface area contributed by atoms with Crippen LogP contribution in [-0.4, -0.2) is 61.6 Å². The molecule has 2 aromatic rings. The summed E-state index contributed by atoms with van der Waals surface area (Å²) in [5.74, 6) is 1.33. The number of likely N-dealkylation sites (N-methyl/N-ethyl adjacent to an activating group) is 1. The molecule has 2 aliphatic heterocycles. The number of phenolic OH excluding ortho intramolecular Hbond substituents is 2. The van der Waals surface area contributed by atoms with Crippen molar-refractivity contribution in [3.63, 3.8) is 0 Å². The van der Waals surface area contributed by atoms with Gasteiger partial charge in [-0.2, -0.15) is 0 Å². The molecule has 4 rings (SSSR count). The highest BCUT2D eigenvalue weighted by molar-refractivity contribution is 5.51. The smallest absolute Gasteiger partial charge is 0.161 e. The summed E-state index contributed by atoms with van der Waals surface area (Å²) < 4.78 is 11.7. The first-order valence-corrected chi connectivity index (χ1v) is 11.3.